The highest BCUT2D eigenvalue weighted by Crippen LogP contribution is 1.98. The highest BCUT2D eigenvalue weighted by molar-refractivity contribution is 8.13. The Hall–Kier alpha value is -0.570. The number of allylic oxidation sites excluding steroid dienone is 1. The first kappa shape index (κ1) is 8.43. The molecule has 3 heteroatoms. The van der Waals surface area contributed by atoms with Crippen molar-refractivity contribution in [1.29, 1.82) is 5.41 Å². The van der Waals surface area contributed by atoms with E-state index in [-0.39, 0.29) is 0 Å². The number of thioether (sulfide) groups is 1. The minimum Gasteiger partial charge on any atom is -0.289 e. The molecule has 0 aliphatic carbocycles. The van der Waals surface area contributed by atoms with Crippen LogP contribution in [0.1, 0.15) is 6.92 Å². The lowest BCUT2D eigenvalue weighted by Crippen LogP contribution is -1.83. The summed E-state index contributed by atoms with van der Waals surface area (Å²) in [7, 11) is 0. The second-order valence-corrected chi connectivity index (χ2v) is 2.13. The molecule has 0 aromatic rings. The van der Waals surface area contributed by atoms with Gasteiger partial charge in [-0.3, -0.25) is 5.41 Å². The fourth-order valence-electron chi connectivity index (χ4n) is 0.370. The van der Waals surface area contributed by atoms with Crippen LogP contribution in [0.15, 0.2) is 17.1 Å². The molecule has 0 aromatic carbocycles. The molecule has 0 aliphatic rings. The average molecular weight is 142 g/mol. The molecule has 0 fully saturated rings. The summed E-state index contributed by atoms with van der Waals surface area (Å²) in [6, 6.07) is 0. The number of rotatable bonds is 2. The third-order valence-electron chi connectivity index (χ3n) is 0.710. The minimum atomic E-state index is 0.868. The molecule has 0 spiro atoms. The van der Waals surface area contributed by atoms with Gasteiger partial charge in [0.15, 0.2) is 0 Å². The summed E-state index contributed by atoms with van der Waals surface area (Å²) in [6.45, 7) is 1.93. The Bertz CT molecular complexity index is 138. The third-order valence-corrected chi connectivity index (χ3v) is 1.37. The molecule has 0 heterocycles. The quantitative estimate of drug-likeness (QED) is 0.464. The van der Waals surface area contributed by atoms with Crippen LogP contribution in [-0.2, 0) is 0 Å². The molecule has 1 N–H and O–H groups in total. The Morgan fingerprint density at radius 2 is 2.33 bits per heavy atom. The van der Waals surface area contributed by atoms with Crippen molar-refractivity contribution in [2.45, 2.75) is 6.92 Å². The summed E-state index contributed by atoms with van der Waals surface area (Å²) in [5.41, 5.74) is 0. The van der Waals surface area contributed by atoms with Crippen LogP contribution in [0.25, 0.3) is 0 Å². The maximum atomic E-state index is 6.66. The van der Waals surface area contributed by atoms with Gasteiger partial charge in [0.05, 0.1) is 5.04 Å². The number of hydrogen-bond donors (Lipinski definition) is 1. The van der Waals surface area contributed by atoms with E-state index in [0.29, 0.717) is 0 Å². The SMILES string of the molecule is C/C=C\C(=NC=N)SC. The largest absolute Gasteiger partial charge is 0.289 e. The highest BCUT2D eigenvalue weighted by atomic mass is 32.2. The Balaban J connectivity index is 3.96. The maximum Gasteiger partial charge on any atom is 0.108 e. The standard InChI is InChI=1S/C6H10N2S/c1-3-4-6(9-2)8-5-7/h3-5,7H,1-2H3/b4-3-,7-5?,8-6?. The summed E-state index contributed by atoms with van der Waals surface area (Å²) in [5.74, 6) is 0. The molecule has 50 valence electrons. The first-order chi connectivity index (χ1) is 4.35. The van der Waals surface area contributed by atoms with Crippen molar-refractivity contribution >= 4 is 23.1 Å². The van der Waals surface area contributed by atoms with Gasteiger partial charge in [-0.2, -0.15) is 0 Å². The van der Waals surface area contributed by atoms with Crippen LogP contribution in [0.5, 0.6) is 0 Å². The van der Waals surface area contributed by atoms with Crippen LogP contribution in [0.3, 0.4) is 0 Å². The van der Waals surface area contributed by atoms with Gasteiger partial charge in [-0.05, 0) is 19.3 Å². The Kier molecular flexibility index (Phi) is 5.21. The molecule has 0 aromatic heterocycles. The Morgan fingerprint density at radius 1 is 1.67 bits per heavy atom. The molecule has 0 rings (SSSR count). The summed E-state index contributed by atoms with van der Waals surface area (Å²) in [4.78, 5) is 3.77. The molecule has 0 unspecified atom stereocenters. The van der Waals surface area contributed by atoms with Crippen LogP contribution >= 0.6 is 11.8 Å². The van der Waals surface area contributed by atoms with Crippen molar-refractivity contribution in [2.24, 2.45) is 4.99 Å². The van der Waals surface area contributed by atoms with E-state index in [4.69, 9.17) is 5.41 Å². The molecule has 0 saturated heterocycles. The van der Waals surface area contributed by atoms with Crippen molar-refractivity contribution in [3.8, 4) is 0 Å². The lowest BCUT2D eigenvalue weighted by atomic mass is 10.6. The van der Waals surface area contributed by atoms with Crippen molar-refractivity contribution in [3.63, 3.8) is 0 Å². The van der Waals surface area contributed by atoms with Gasteiger partial charge < -0.3 is 0 Å². The smallest absolute Gasteiger partial charge is 0.108 e. The molecule has 2 nitrogen and oxygen atoms in total. The Labute approximate surface area is 59.6 Å². The summed E-state index contributed by atoms with van der Waals surface area (Å²) < 4.78 is 0. The number of hydrogen-bond acceptors (Lipinski definition) is 2. The van der Waals surface area contributed by atoms with Gasteiger partial charge in [0, 0.05) is 0 Å². The van der Waals surface area contributed by atoms with Crippen molar-refractivity contribution in [3.05, 3.63) is 12.2 Å². The molecule has 0 aliphatic heterocycles. The van der Waals surface area contributed by atoms with Crippen LogP contribution < -0.4 is 0 Å². The van der Waals surface area contributed by atoms with E-state index < -0.39 is 0 Å². The van der Waals surface area contributed by atoms with E-state index in [9.17, 15) is 0 Å². The number of aliphatic imine (C=N–C) groups is 1. The van der Waals surface area contributed by atoms with E-state index in [0.717, 1.165) is 11.4 Å². The maximum absolute atomic E-state index is 6.66. The van der Waals surface area contributed by atoms with Gasteiger partial charge in [0.2, 0.25) is 0 Å². The van der Waals surface area contributed by atoms with Crippen LogP contribution in [0.4, 0.5) is 0 Å². The predicted octanol–water partition coefficient (Wildman–Crippen LogP) is 1.93. The van der Waals surface area contributed by atoms with Gasteiger partial charge in [-0.1, -0.05) is 6.08 Å². The van der Waals surface area contributed by atoms with Crippen LogP contribution in [0.2, 0.25) is 0 Å². The number of nitrogens with zero attached hydrogens (tertiary/aromatic N) is 1. The van der Waals surface area contributed by atoms with Gasteiger partial charge >= 0.3 is 0 Å². The third kappa shape index (κ3) is 3.97. The molecule has 0 saturated carbocycles. The van der Waals surface area contributed by atoms with E-state index in [2.05, 4.69) is 4.99 Å². The molecule has 0 atom stereocenters. The molecular weight excluding hydrogens is 132 g/mol. The van der Waals surface area contributed by atoms with Gasteiger partial charge in [0.1, 0.15) is 6.34 Å². The second-order valence-electron chi connectivity index (χ2n) is 1.30. The summed E-state index contributed by atoms with van der Waals surface area (Å²) >= 11 is 1.53. The Morgan fingerprint density at radius 3 is 2.67 bits per heavy atom. The summed E-state index contributed by atoms with van der Waals surface area (Å²) in [6.07, 6.45) is 6.75. The molecule has 0 amide bonds. The van der Waals surface area contributed by atoms with Gasteiger partial charge in [-0.25, -0.2) is 4.99 Å². The molecule has 0 radical (unpaired) electrons. The first-order valence-electron chi connectivity index (χ1n) is 2.58. The van der Waals surface area contributed by atoms with E-state index >= 15 is 0 Å². The molecule has 9 heavy (non-hydrogen) atoms. The van der Waals surface area contributed by atoms with E-state index in [1.807, 2.05) is 25.3 Å². The van der Waals surface area contributed by atoms with Crippen molar-refractivity contribution in [1.82, 2.24) is 0 Å². The van der Waals surface area contributed by atoms with Crippen molar-refractivity contribution in [2.75, 3.05) is 6.26 Å². The fourth-order valence-corrected chi connectivity index (χ4v) is 0.800. The lowest BCUT2D eigenvalue weighted by Gasteiger charge is -1.88. The lowest BCUT2D eigenvalue weighted by molar-refractivity contribution is 1.52. The van der Waals surface area contributed by atoms with Crippen molar-refractivity contribution < 1.29 is 0 Å². The average Bonchev–Trinajstić information content (AvgIpc) is 1.88. The zero-order chi connectivity index (χ0) is 7.11. The summed E-state index contributed by atoms with van der Waals surface area (Å²) in [5, 5.41) is 7.52. The topological polar surface area (TPSA) is 36.2 Å². The van der Waals surface area contributed by atoms with E-state index in [1.165, 1.54) is 11.8 Å². The normalized spacial score (nSPS) is 12.4. The minimum absolute atomic E-state index is 0.868. The first-order valence-corrected chi connectivity index (χ1v) is 3.81. The van der Waals surface area contributed by atoms with Gasteiger partial charge in [0.25, 0.3) is 0 Å². The highest BCUT2D eigenvalue weighted by Gasteiger charge is 1.84. The zero-order valence-electron chi connectivity index (χ0n) is 5.59. The molecular formula is C6H10N2S. The monoisotopic (exact) mass is 142 g/mol. The van der Waals surface area contributed by atoms with Crippen LogP contribution in [0, 0.1) is 5.41 Å². The molecule has 0 bridgehead atoms. The number of nitrogens with one attached hydrogen (secondary N) is 1. The van der Waals surface area contributed by atoms with Crippen LogP contribution in [-0.4, -0.2) is 17.6 Å². The second kappa shape index (κ2) is 5.56. The zero-order valence-corrected chi connectivity index (χ0v) is 6.40. The van der Waals surface area contributed by atoms with E-state index in [1.54, 1.807) is 0 Å². The fraction of sp³-hybridized carbons (Fsp3) is 0.333. The predicted molar refractivity (Wildman–Crippen MR) is 44.5 cm³/mol. The van der Waals surface area contributed by atoms with Gasteiger partial charge in [-0.15, -0.1) is 11.8 Å².